The summed E-state index contributed by atoms with van der Waals surface area (Å²) in [6.45, 7) is 2.43. The highest BCUT2D eigenvalue weighted by Crippen LogP contribution is 2.50. The first-order valence-electron chi connectivity index (χ1n) is 8.41. The van der Waals surface area contributed by atoms with E-state index in [1.807, 2.05) is 11.1 Å². The number of likely N-dealkylation sites (tertiary alicyclic amines) is 1. The maximum Gasteiger partial charge on any atom is 0.222 e. The molecule has 0 unspecified atom stereocenters. The molecule has 1 aromatic heterocycles. The van der Waals surface area contributed by atoms with Crippen molar-refractivity contribution in [3.8, 4) is 0 Å². The van der Waals surface area contributed by atoms with Crippen LogP contribution in [0.3, 0.4) is 0 Å². The number of amides is 1. The number of piperidine rings is 1. The fourth-order valence-electron chi connectivity index (χ4n) is 3.82. The van der Waals surface area contributed by atoms with Gasteiger partial charge in [-0.1, -0.05) is 0 Å². The average Bonchev–Trinajstić information content (AvgIpc) is 3.10. The number of aromatic nitrogens is 2. The second kappa shape index (κ2) is 6.98. The Morgan fingerprint density at radius 1 is 1.52 bits per heavy atom. The number of ether oxygens (including phenoxy) is 1. The first kappa shape index (κ1) is 16.4. The third-order valence-corrected chi connectivity index (χ3v) is 5.41. The Morgan fingerprint density at radius 2 is 2.30 bits per heavy atom. The molecule has 1 aliphatic carbocycles. The van der Waals surface area contributed by atoms with Gasteiger partial charge in [-0.25, -0.2) is 0 Å². The van der Waals surface area contributed by atoms with Gasteiger partial charge in [0.25, 0.3) is 0 Å². The van der Waals surface area contributed by atoms with Gasteiger partial charge in [0.05, 0.1) is 25.0 Å². The van der Waals surface area contributed by atoms with Gasteiger partial charge in [0.15, 0.2) is 0 Å². The predicted molar refractivity (Wildman–Crippen MR) is 84.6 cm³/mol. The van der Waals surface area contributed by atoms with Crippen LogP contribution < -0.4 is 5.73 Å². The Kier molecular flexibility index (Phi) is 4.99. The molecular weight excluding hydrogens is 296 g/mol. The van der Waals surface area contributed by atoms with E-state index in [4.69, 9.17) is 10.5 Å². The highest BCUT2D eigenvalue weighted by molar-refractivity contribution is 5.76. The Morgan fingerprint density at radius 3 is 2.91 bits per heavy atom. The third-order valence-electron chi connectivity index (χ3n) is 5.41. The minimum absolute atomic E-state index is 0.0873. The zero-order chi connectivity index (χ0) is 16.3. The monoisotopic (exact) mass is 322 g/mol. The van der Waals surface area contributed by atoms with Gasteiger partial charge in [-0.05, 0) is 24.8 Å². The number of nitrogens with zero attached hydrogens (tertiary/aromatic N) is 2. The highest BCUT2D eigenvalue weighted by atomic mass is 16.5. The molecule has 7 heteroatoms. The van der Waals surface area contributed by atoms with Crippen molar-refractivity contribution in [3.05, 3.63) is 18.0 Å². The second-order valence-electron chi connectivity index (χ2n) is 6.62. The van der Waals surface area contributed by atoms with Crippen LogP contribution in [0, 0.1) is 5.41 Å². The van der Waals surface area contributed by atoms with E-state index in [0.717, 1.165) is 18.4 Å². The van der Waals surface area contributed by atoms with Crippen LogP contribution in [0.25, 0.3) is 0 Å². The maximum atomic E-state index is 12.3. The Bertz CT molecular complexity index is 511. The van der Waals surface area contributed by atoms with Crippen LogP contribution >= 0.6 is 0 Å². The van der Waals surface area contributed by atoms with Crippen LogP contribution in [0.4, 0.5) is 0 Å². The topological polar surface area (TPSA) is 104 Å². The van der Waals surface area contributed by atoms with Crippen molar-refractivity contribution >= 4 is 5.91 Å². The highest BCUT2D eigenvalue weighted by Gasteiger charge is 2.56. The molecule has 128 valence electrons. The molecule has 3 rings (SSSR count). The van der Waals surface area contributed by atoms with Crippen molar-refractivity contribution in [1.82, 2.24) is 15.1 Å². The first-order valence-corrected chi connectivity index (χ1v) is 8.41. The van der Waals surface area contributed by atoms with E-state index >= 15 is 0 Å². The summed E-state index contributed by atoms with van der Waals surface area (Å²) in [6.07, 6.45) is 6.86. The van der Waals surface area contributed by atoms with Crippen molar-refractivity contribution in [3.63, 3.8) is 0 Å². The Hall–Kier alpha value is -1.44. The summed E-state index contributed by atoms with van der Waals surface area (Å²) in [6, 6.07) is 0. The number of hydrogen-bond acceptors (Lipinski definition) is 5. The van der Waals surface area contributed by atoms with Gasteiger partial charge in [-0.3, -0.25) is 9.89 Å². The molecule has 0 aromatic carbocycles. The van der Waals surface area contributed by atoms with Gasteiger partial charge in [0, 0.05) is 44.1 Å². The van der Waals surface area contributed by atoms with Gasteiger partial charge in [0.1, 0.15) is 0 Å². The van der Waals surface area contributed by atoms with E-state index in [0.29, 0.717) is 45.5 Å². The summed E-state index contributed by atoms with van der Waals surface area (Å²) in [4.78, 5) is 14.2. The number of carbonyl (C=O) groups excluding carboxylic acids is 1. The van der Waals surface area contributed by atoms with Crippen molar-refractivity contribution in [2.24, 2.45) is 11.1 Å². The van der Waals surface area contributed by atoms with Crippen molar-refractivity contribution in [1.29, 1.82) is 0 Å². The number of aliphatic hydroxyl groups excluding tert-OH is 1. The first-order chi connectivity index (χ1) is 11.2. The van der Waals surface area contributed by atoms with E-state index in [9.17, 15) is 9.90 Å². The normalized spacial score (nSPS) is 26.3. The van der Waals surface area contributed by atoms with Crippen molar-refractivity contribution in [2.75, 3.05) is 26.2 Å². The number of aromatic amines is 1. The van der Waals surface area contributed by atoms with Gasteiger partial charge in [0.2, 0.25) is 5.91 Å². The molecule has 1 saturated heterocycles. The average molecular weight is 322 g/mol. The van der Waals surface area contributed by atoms with E-state index in [1.165, 1.54) is 0 Å². The molecule has 2 aliphatic rings. The van der Waals surface area contributed by atoms with Crippen LogP contribution in [0.1, 0.15) is 31.2 Å². The number of hydrogen-bond donors (Lipinski definition) is 3. The SMILES string of the molecule is NCCO[C@H]1C[C@@H](O)C12CCN(C(=O)CCc1cn[nH]c1)CC2. The van der Waals surface area contributed by atoms with Crippen LogP contribution in [-0.4, -0.2) is 64.6 Å². The minimum Gasteiger partial charge on any atom is -0.392 e. The lowest BCUT2D eigenvalue weighted by Crippen LogP contribution is -2.62. The van der Waals surface area contributed by atoms with E-state index in [1.54, 1.807) is 6.20 Å². The molecule has 1 saturated carbocycles. The van der Waals surface area contributed by atoms with Gasteiger partial charge in [-0.2, -0.15) is 5.10 Å². The molecule has 1 aliphatic heterocycles. The van der Waals surface area contributed by atoms with Crippen LogP contribution in [-0.2, 0) is 16.0 Å². The maximum absolute atomic E-state index is 12.3. The molecule has 1 aromatic rings. The molecule has 23 heavy (non-hydrogen) atoms. The number of aliphatic hydroxyl groups is 1. The van der Waals surface area contributed by atoms with Gasteiger partial charge in [-0.15, -0.1) is 0 Å². The Labute approximate surface area is 136 Å². The van der Waals surface area contributed by atoms with Gasteiger partial charge < -0.3 is 20.5 Å². The molecular formula is C16H26N4O3. The number of carbonyl (C=O) groups is 1. The summed E-state index contributed by atoms with van der Waals surface area (Å²) in [5.41, 5.74) is 6.38. The summed E-state index contributed by atoms with van der Waals surface area (Å²) in [7, 11) is 0. The molecule has 2 fully saturated rings. The van der Waals surface area contributed by atoms with Crippen LogP contribution in [0.5, 0.6) is 0 Å². The summed E-state index contributed by atoms with van der Waals surface area (Å²) in [5, 5.41) is 16.9. The lowest BCUT2D eigenvalue weighted by molar-refractivity contribution is -0.210. The zero-order valence-electron chi connectivity index (χ0n) is 13.4. The number of nitrogens with one attached hydrogen (secondary N) is 1. The standard InChI is InChI=1S/C16H26N4O3/c17-5-8-23-14-9-13(21)16(14)3-6-20(7-4-16)15(22)2-1-12-10-18-19-11-12/h10-11,13-14,21H,1-9,17H2,(H,18,19)/t13-,14+/m1/s1. The number of rotatable bonds is 6. The lowest BCUT2D eigenvalue weighted by atomic mass is 9.58. The molecule has 0 bridgehead atoms. The van der Waals surface area contributed by atoms with E-state index in [2.05, 4.69) is 10.2 Å². The number of aryl methyl sites for hydroxylation is 1. The number of nitrogens with two attached hydrogens (primary N) is 1. The Balaban J connectivity index is 1.48. The quantitative estimate of drug-likeness (QED) is 0.687. The summed E-state index contributed by atoms with van der Waals surface area (Å²) < 4.78 is 5.78. The van der Waals surface area contributed by atoms with E-state index < -0.39 is 0 Å². The van der Waals surface area contributed by atoms with Crippen molar-refractivity contribution < 1.29 is 14.6 Å². The van der Waals surface area contributed by atoms with E-state index in [-0.39, 0.29) is 23.5 Å². The second-order valence-corrected chi connectivity index (χ2v) is 6.62. The zero-order valence-corrected chi connectivity index (χ0v) is 13.4. The smallest absolute Gasteiger partial charge is 0.222 e. The molecule has 2 atom stereocenters. The van der Waals surface area contributed by atoms with Crippen LogP contribution in [0.2, 0.25) is 0 Å². The fourth-order valence-corrected chi connectivity index (χ4v) is 3.82. The minimum atomic E-state index is -0.312. The molecule has 1 amide bonds. The summed E-state index contributed by atoms with van der Waals surface area (Å²) in [5.74, 6) is 0.175. The molecule has 7 nitrogen and oxygen atoms in total. The lowest BCUT2D eigenvalue weighted by Gasteiger charge is -2.56. The fraction of sp³-hybridized carbons (Fsp3) is 0.750. The largest absolute Gasteiger partial charge is 0.392 e. The number of H-pyrrole nitrogens is 1. The third kappa shape index (κ3) is 3.27. The van der Waals surface area contributed by atoms with Crippen molar-refractivity contribution in [2.45, 2.75) is 44.3 Å². The van der Waals surface area contributed by atoms with Gasteiger partial charge >= 0.3 is 0 Å². The molecule has 4 N–H and O–H groups in total. The predicted octanol–water partition coefficient (Wildman–Crippen LogP) is 0.0596. The van der Waals surface area contributed by atoms with Crippen LogP contribution in [0.15, 0.2) is 12.4 Å². The molecule has 0 radical (unpaired) electrons. The summed E-state index contributed by atoms with van der Waals surface area (Å²) >= 11 is 0. The molecule has 2 heterocycles. The molecule has 1 spiro atoms.